The van der Waals surface area contributed by atoms with Gasteiger partial charge in [0.1, 0.15) is 5.84 Å². The monoisotopic (exact) mass is 314 g/mol. The molecule has 0 radical (unpaired) electrons. The summed E-state index contributed by atoms with van der Waals surface area (Å²) in [6, 6.07) is 0. The van der Waals surface area contributed by atoms with Gasteiger partial charge in [-0.15, -0.1) is 0 Å². The van der Waals surface area contributed by atoms with Crippen LogP contribution in [0.25, 0.3) is 0 Å². The zero-order chi connectivity index (χ0) is 17.2. The van der Waals surface area contributed by atoms with Crippen molar-refractivity contribution in [3.05, 3.63) is 47.1 Å². The molecule has 0 fully saturated rings. The van der Waals surface area contributed by atoms with E-state index < -0.39 is 0 Å². The molecular formula is C20H30N2O. The molecule has 0 aromatic carbocycles. The lowest BCUT2D eigenvalue weighted by atomic mass is 10.1. The van der Waals surface area contributed by atoms with Crippen LogP contribution in [-0.4, -0.2) is 23.2 Å². The zero-order valence-electron chi connectivity index (χ0n) is 15.0. The second kappa shape index (κ2) is 9.98. The van der Waals surface area contributed by atoms with Crippen LogP contribution in [0, 0.1) is 5.41 Å². The van der Waals surface area contributed by atoms with Crippen LogP contribution < -0.4 is 0 Å². The first-order valence-corrected chi connectivity index (χ1v) is 8.40. The van der Waals surface area contributed by atoms with Crippen molar-refractivity contribution in [3.63, 3.8) is 0 Å². The van der Waals surface area contributed by atoms with Gasteiger partial charge >= 0.3 is 0 Å². The first kappa shape index (κ1) is 19.1. The predicted molar refractivity (Wildman–Crippen MR) is 98.6 cm³/mol. The number of hydrogen-bond donors (Lipinski definition) is 1. The average Bonchev–Trinajstić information content (AvgIpc) is 2.47. The summed E-state index contributed by atoms with van der Waals surface area (Å²) in [7, 11) is 0. The van der Waals surface area contributed by atoms with E-state index in [1.54, 1.807) is 6.08 Å². The van der Waals surface area contributed by atoms with Gasteiger partial charge in [0, 0.05) is 19.0 Å². The Labute approximate surface area is 141 Å². The molecule has 0 saturated heterocycles. The SMILES string of the molecule is CC(C)=CCCC(C)=CCCC(C)=CC(=O)N1CC=CCC1=N. The molecule has 1 heterocycles. The van der Waals surface area contributed by atoms with Crippen molar-refractivity contribution in [2.75, 3.05) is 6.54 Å². The Morgan fingerprint density at radius 3 is 2.39 bits per heavy atom. The van der Waals surface area contributed by atoms with Gasteiger partial charge in [-0.1, -0.05) is 41.0 Å². The molecule has 0 saturated carbocycles. The quantitative estimate of drug-likeness (QED) is 0.511. The van der Waals surface area contributed by atoms with E-state index in [4.69, 9.17) is 5.41 Å². The van der Waals surface area contributed by atoms with Gasteiger partial charge in [-0.2, -0.15) is 0 Å². The van der Waals surface area contributed by atoms with Crippen LogP contribution in [0.5, 0.6) is 0 Å². The fourth-order valence-electron chi connectivity index (χ4n) is 2.42. The van der Waals surface area contributed by atoms with E-state index >= 15 is 0 Å². The number of carbonyl (C=O) groups excluding carboxylic acids is 1. The smallest absolute Gasteiger partial charge is 0.252 e. The molecule has 0 bridgehead atoms. The Morgan fingerprint density at radius 1 is 1.09 bits per heavy atom. The number of rotatable bonds is 7. The van der Waals surface area contributed by atoms with E-state index in [1.165, 1.54) is 16.0 Å². The molecule has 3 heteroatoms. The van der Waals surface area contributed by atoms with Crippen LogP contribution in [0.2, 0.25) is 0 Å². The molecule has 23 heavy (non-hydrogen) atoms. The lowest BCUT2D eigenvalue weighted by Gasteiger charge is -2.22. The lowest BCUT2D eigenvalue weighted by molar-refractivity contribution is -0.122. The number of nitrogens with zero attached hydrogens (tertiary/aromatic N) is 1. The third-order valence-electron chi connectivity index (χ3n) is 3.85. The van der Waals surface area contributed by atoms with E-state index in [2.05, 4.69) is 32.9 Å². The molecule has 0 unspecified atom stereocenters. The molecule has 1 amide bonds. The number of hydrogen-bond acceptors (Lipinski definition) is 2. The number of carbonyl (C=O) groups is 1. The van der Waals surface area contributed by atoms with Crippen LogP contribution >= 0.6 is 0 Å². The maximum Gasteiger partial charge on any atom is 0.252 e. The van der Waals surface area contributed by atoms with E-state index in [-0.39, 0.29) is 5.91 Å². The van der Waals surface area contributed by atoms with Crippen LogP contribution in [0.3, 0.4) is 0 Å². The van der Waals surface area contributed by atoms with Gasteiger partial charge in [0.25, 0.3) is 5.91 Å². The molecule has 1 rings (SSSR count). The van der Waals surface area contributed by atoms with Crippen molar-refractivity contribution in [2.24, 2.45) is 0 Å². The van der Waals surface area contributed by atoms with E-state index in [9.17, 15) is 4.79 Å². The number of nitrogens with one attached hydrogen (secondary N) is 1. The maximum absolute atomic E-state index is 12.2. The summed E-state index contributed by atoms with van der Waals surface area (Å²) >= 11 is 0. The minimum atomic E-state index is -0.0684. The Bertz CT molecular complexity index is 546. The highest BCUT2D eigenvalue weighted by Crippen LogP contribution is 2.12. The second-order valence-corrected chi connectivity index (χ2v) is 6.47. The van der Waals surface area contributed by atoms with Crippen LogP contribution in [-0.2, 0) is 4.79 Å². The summed E-state index contributed by atoms with van der Waals surface area (Å²) in [5.74, 6) is 0.317. The second-order valence-electron chi connectivity index (χ2n) is 6.47. The molecule has 3 nitrogen and oxygen atoms in total. The highest BCUT2D eigenvalue weighted by molar-refractivity contribution is 6.03. The third kappa shape index (κ3) is 7.78. The highest BCUT2D eigenvalue weighted by Gasteiger charge is 2.16. The van der Waals surface area contributed by atoms with Gasteiger partial charge in [-0.25, -0.2) is 0 Å². The summed E-state index contributed by atoms with van der Waals surface area (Å²) in [6.07, 6.45) is 14.7. The molecule has 1 aliphatic rings. The van der Waals surface area contributed by atoms with Crippen LogP contribution in [0.4, 0.5) is 0 Å². The van der Waals surface area contributed by atoms with Crippen molar-refractivity contribution in [1.29, 1.82) is 5.41 Å². The minimum absolute atomic E-state index is 0.0684. The van der Waals surface area contributed by atoms with Gasteiger partial charge in [-0.3, -0.25) is 15.1 Å². The van der Waals surface area contributed by atoms with Crippen molar-refractivity contribution in [3.8, 4) is 0 Å². The van der Waals surface area contributed by atoms with Crippen molar-refractivity contribution < 1.29 is 4.79 Å². The molecular weight excluding hydrogens is 284 g/mol. The first-order chi connectivity index (χ1) is 10.9. The Morgan fingerprint density at radius 2 is 1.74 bits per heavy atom. The fraction of sp³-hybridized carbons (Fsp3) is 0.500. The van der Waals surface area contributed by atoms with Gasteiger partial charge in [0.2, 0.25) is 0 Å². The van der Waals surface area contributed by atoms with Crippen LogP contribution in [0.1, 0.15) is 59.8 Å². The topological polar surface area (TPSA) is 44.2 Å². The van der Waals surface area contributed by atoms with Gasteiger partial charge in [0.05, 0.1) is 0 Å². The van der Waals surface area contributed by atoms with Gasteiger partial charge < -0.3 is 0 Å². The zero-order valence-corrected chi connectivity index (χ0v) is 15.0. The summed E-state index contributed by atoms with van der Waals surface area (Å²) in [5, 5.41) is 7.82. The molecule has 0 spiro atoms. The van der Waals surface area contributed by atoms with E-state index in [1.807, 2.05) is 19.1 Å². The standard InChI is InChI=1S/C20H30N2O/c1-16(2)9-7-10-17(3)11-8-12-18(4)15-20(23)22-14-6-5-13-19(22)21/h5-6,9,11,15,21H,7-8,10,12-14H2,1-4H3. The third-order valence-corrected chi connectivity index (χ3v) is 3.85. The Kier molecular flexibility index (Phi) is 8.31. The molecule has 0 atom stereocenters. The molecule has 126 valence electrons. The van der Waals surface area contributed by atoms with Crippen molar-refractivity contribution >= 4 is 11.7 Å². The normalized spacial score (nSPS) is 15.8. The largest absolute Gasteiger partial charge is 0.293 e. The molecule has 0 aromatic heterocycles. The number of amidine groups is 1. The van der Waals surface area contributed by atoms with Gasteiger partial charge in [0.15, 0.2) is 0 Å². The summed E-state index contributed by atoms with van der Waals surface area (Å²) in [4.78, 5) is 13.7. The number of amides is 1. The molecule has 0 aromatic rings. The number of allylic oxidation sites excluding steroid dienone is 5. The summed E-state index contributed by atoms with van der Waals surface area (Å²) in [5.41, 5.74) is 3.85. The summed E-state index contributed by atoms with van der Waals surface area (Å²) < 4.78 is 0. The fourth-order valence-corrected chi connectivity index (χ4v) is 2.42. The van der Waals surface area contributed by atoms with Crippen molar-refractivity contribution in [2.45, 2.75) is 59.8 Å². The summed E-state index contributed by atoms with van der Waals surface area (Å²) in [6.45, 7) is 8.94. The van der Waals surface area contributed by atoms with Gasteiger partial charge in [-0.05, 0) is 53.4 Å². The van der Waals surface area contributed by atoms with E-state index in [0.29, 0.717) is 18.8 Å². The predicted octanol–water partition coefficient (Wildman–Crippen LogP) is 5.17. The molecule has 0 aliphatic carbocycles. The molecule has 1 aliphatic heterocycles. The highest BCUT2D eigenvalue weighted by atomic mass is 16.2. The molecule has 1 N–H and O–H groups in total. The van der Waals surface area contributed by atoms with Crippen molar-refractivity contribution in [1.82, 2.24) is 4.90 Å². The lowest BCUT2D eigenvalue weighted by Crippen LogP contribution is -2.37. The Balaban J connectivity index is 2.41. The Hall–Kier alpha value is -1.90. The average molecular weight is 314 g/mol. The minimum Gasteiger partial charge on any atom is -0.293 e. The van der Waals surface area contributed by atoms with Crippen LogP contribution in [0.15, 0.2) is 47.1 Å². The first-order valence-electron chi connectivity index (χ1n) is 8.40. The van der Waals surface area contributed by atoms with E-state index in [0.717, 1.165) is 31.3 Å². The maximum atomic E-state index is 12.2.